The third-order valence-electron chi connectivity index (χ3n) is 4.33. The predicted molar refractivity (Wildman–Crippen MR) is 92.2 cm³/mol. The zero-order valence-corrected chi connectivity index (χ0v) is 13.8. The van der Waals surface area contributed by atoms with Crippen LogP contribution in [-0.2, 0) is 12.8 Å². The Labute approximate surface area is 133 Å². The van der Waals surface area contributed by atoms with Gasteiger partial charge in [-0.1, -0.05) is 38.1 Å². The second-order valence-electron chi connectivity index (χ2n) is 6.06. The highest BCUT2D eigenvalue weighted by Gasteiger charge is 2.23. The fraction of sp³-hybridized carbons (Fsp3) is 0.500. The molecule has 0 spiro atoms. The standard InChI is InChI=1S/C20H26O2/c1-3-13-21-19-15-9-5-7-11-17(15)20(22-14-4-2)18-12-8-6-10-16(18)19/h5,7,9,11H,3-4,6,8,10,12-14H2,1-2H3. The van der Waals surface area contributed by atoms with E-state index in [0.717, 1.165) is 50.4 Å². The Morgan fingerprint density at radius 3 is 1.64 bits per heavy atom. The Bertz CT molecular complexity index is 589. The summed E-state index contributed by atoms with van der Waals surface area (Å²) in [6.45, 7) is 5.89. The summed E-state index contributed by atoms with van der Waals surface area (Å²) in [5.41, 5.74) is 2.79. The Morgan fingerprint density at radius 2 is 1.23 bits per heavy atom. The van der Waals surface area contributed by atoms with Gasteiger partial charge < -0.3 is 9.47 Å². The van der Waals surface area contributed by atoms with E-state index in [4.69, 9.17) is 9.47 Å². The molecule has 0 N–H and O–H groups in total. The highest BCUT2D eigenvalue weighted by Crippen LogP contribution is 2.44. The van der Waals surface area contributed by atoms with Crippen molar-refractivity contribution in [2.24, 2.45) is 0 Å². The maximum absolute atomic E-state index is 6.17. The zero-order chi connectivity index (χ0) is 15.4. The van der Waals surface area contributed by atoms with Gasteiger partial charge in [-0.15, -0.1) is 0 Å². The first-order valence-corrected chi connectivity index (χ1v) is 8.68. The second-order valence-corrected chi connectivity index (χ2v) is 6.06. The molecule has 2 heteroatoms. The predicted octanol–water partition coefficient (Wildman–Crippen LogP) is 5.30. The summed E-state index contributed by atoms with van der Waals surface area (Å²) >= 11 is 0. The van der Waals surface area contributed by atoms with Crippen LogP contribution in [0.1, 0.15) is 50.7 Å². The van der Waals surface area contributed by atoms with Crippen LogP contribution in [0.2, 0.25) is 0 Å². The normalized spacial score (nSPS) is 13.9. The molecule has 2 aromatic rings. The maximum Gasteiger partial charge on any atom is 0.130 e. The molecule has 0 fully saturated rings. The molecule has 22 heavy (non-hydrogen) atoms. The molecule has 0 unspecified atom stereocenters. The van der Waals surface area contributed by atoms with Gasteiger partial charge in [-0.05, 0) is 38.5 Å². The van der Waals surface area contributed by atoms with Gasteiger partial charge in [0.1, 0.15) is 11.5 Å². The molecule has 118 valence electrons. The van der Waals surface area contributed by atoms with Crippen molar-refractivity contribution in [1.82, 2.24) is 0 Å². The van der Waals surface area contributed by atoms with E-state index in [1.807, 2.05) is 0 Å². The zero-order valence-electron chi connectivity index (χ0n) is 13.8. The van der Waals surface area contributed by atoms with E-state index >= 15 is 0 Å². The topological polar surface area (TPSA) is 18.5 Å². The van der Waals surface area contributed by atoms with Crippen molar-refractivity contribution >= 4 is 10.8 Å². The minimum absolute atomic E-state index is 0.783. The van der Waals surface area contributed by atoms with Crippen LogP contribution >= 0.6 is 0 Å². The second kappa shape index (κ2) is 7.04. The van der Waals surface area contributed by atoms with Crippen LogP contribution in [0.3, 0.4) is 0 Å². The Morgan fingerprint density at radius 1 is 0.773 bits per heavy atom. The van der Waals surface area contributed by atoms with E-state index in [2.05, 4.69) is 38.1 Å². The quantitative estimate of drug-likeness (QED) is 0.721. The fourth-order valence-electron chi connectivity index (χ4n) is 3.35. The monoisotopic (exact) mass is 298 g/mol. The first kappa shape index (κ1) is 15.2. The third-order valence-corrected chi connectivity index (χ3v) is 4.33. The van der Waals surface area contributed by atoms with Crippen LogP contribution < -0.4 is 9.47 Å². The van der Waals surface area contributed by atoms with E-state index in [1.165, 1.54) is 34.7 Å². The molecular formula is C20H26O2. The number of hydrogen-bond acceptors (Lipinski definition) is 2. The molecule has 0 heterocycles. The van der Waals surface area contributed by atoms with Gasteiger partial charge in [0.2, 0.25) is 0 Å². The van der Waals surface area contributed by atoms with Crippen LogP contribution in [0.4, 0.5) is 0 Å². The van der Waals surface area contributed by atoms with Crippen molar-refractivity contribution in [2.75, 3.05) is 13.2 Å². The maximum atomic E-state index is 6.17. The van der Waals surface area contributed by atoms with Crippen LogP contribution in [0.15, 0.2) is 24.3 Å². The van der Waals surface area contributed by atoms with Gasteiger partial charge >= 0.3 is 0 Å². The number of fused-ring (bicyclic) bond motifs is 2. The molecule has 0 saturated heterocycles. The van der Waals surface area contributed by atoms with Crippen molar-refractivity contribution in [3.63, 3.8) is 0 Å². The lowest BCUT2D eigenvalue weighted by Crippen LogP contribution is -2.11. The SMILES string of the molecule is CCCOc1c2c(c(OCCC)c3ccccc13)CCCC2. The summed E-state index contributed by atoms with van der Waals surface area (Å²) < 4.78 is 12.3. The average Bonchev–Trinajstić information content (AvgIpc) is 2.58. The first-order valence-electron chi connectivity index (χ1n) is 8.68. The number of benzene rings is 2. The van der Waals surface area contributed by atoms with Gasteiger partial charge in [0.25, 0.3) is 0 Å². The summed E-state index contributed by atoms with van der Waals surface area (Å²) in [5, 5.41) is 2.42. The van der Waals surface area contributed by atoms with E-state index in [0.29, 0.717) is 0 Å². The van der Waals surface area contributed by atoms with Gasteiger partial charge in [-0.25, -0.2) is 0 Å². The summed E-state index contributed by atoms with van der Waals surface area (Å²) in [4.78, 5) is 0. The lowest BCUT2D eigenvalue weighted by molar-refractivity contribution is 0.306. The molecule has 3 rings (SSSR count). The molecule has 0 saturated carbocycles. The lowest BCUT2D eigenvalue weighted by Gasteiger charge is -2.25. The Kier molecular flexibility index (Phi) is 4.87. The van der Waals surface area contributed by atoms with Crippen molar-refractivity contribution in [3.8, 4) is 11.5 Å². The van der Waals surface area contributed by atoms with Crippen molar-refractivity contribution in [2.45, 2.75) is 52.4 Å². The summed E-state index contributed by atoms with van der Waals surface area (Å²) in [7, 11) is 0. The summed E-state index contributed by atoms with van der Waals surface area (Å²) in [5.74, 6) is 2.21. The summed E-state index contributed by atoms with van der Waals surface area (Å²) in [6.07, 6.45) is 6.81. The van der Waals surface area contributed by atoms with Gasteiger partial charge in [-0.3, -0.25) is 0 Å². The minimum Gasteiger partial charge on any atom is -0.493 e. The molecular weight excluding hydrogens is 272 g/mol. The van der Waals surface area contributed by atoms with Crippen molar-refractivity contribution in [1.29, 1.82) is 0 Å². The molecule has 0 bridgehead atoms. The van der Waals surface area contributed by atoms with Crippen LogP contribution in [0.25, 0.3) is 10.8 Å². The molecule has 0 atom stereocenters. The fourth-order valence-corrected chi connectivity index (χ4v) is 3.35. The molecule has 2 nitrogen and oxygen atoms in total. The van der Waals surface area contributed by atoms with Crippen LogP contribution in [0, 0.1) is 0 Å². The molecule has 1 aliphatic rings. The number of rotatable bonds is 6. The van der Waals surface area contributed by atoms with Gasteiger partial charge in [0.15, 0.2) is 0 Å². The van der Waals surface area contributed by atoms with E-state index in [9.17, 15) is 0 Å². The summed E-state index contributed by atoms with van der Waals surface area (Å²) in [6, 6.07) is 8.54. The smallest absolute Gasteiger partial charge is 0.130 e. The van der Waals surface area contributed by atoms with E-state index in [1.54, 1.807) is 0 Å². The van der Waals surface area contributed by atoms with Crippen LogP contribution in [-0.4, -0.2) is 13.2 Å². The van der Waals surface area contributed by atoms with Crippen molar-refractivity contribution in [3.05, 3.63) is 35.4 Å². The highest BCUT2D eigenvalue weighted by atomic mass is 16.5. The molecule has 0 radical (unpaired) electrons. The molecule has 1 aliphatic carbocycles. The Hall–Kier alpha value is -1.70. The van der Waals surface area contributed by atoms with Gasteiger partial charge in [0.05, 0.1) is 13.2 Å². The van der Waals surface area contributed by atoms with E-state index < -0.39 is 0 Å². The van der Waals surface area contributed by atoms with E-state index in [-0.39, 0.29) is 0 Å². The lowest BCUT2D eigenvalue weighted by atomic mass is 9.87. The number of hydrogen-bond donors (Lipinski definition) is 0. The van der Waals surface area contributed by atoms with Crippen LogP contribution in [0.5, 0.6) is 11.5 Å². The minimum atomic E-state index is 0.783. The van der Waals surface area contributed by atoms with Crippen molar-refractivity contribution < 1.29 is 9.47 Å². The highest BCUT2D eigenvalue weighted by molar-refractivity contribution is 5.96. The Balaban J connectivity index is 2.20. The first-order chi connectivity index (χ1) is 10.9. The number of ether oxygens (including phenoxy) is 2. The molecule has 2 aromatic carbocycles. The third kappa shape index (κ3) is 2.79. The average molecular weight is 298 g/mol. The van der Waals surface area contributed by atoms with Gasteiger partial charge in [0, 0.05) is 21.9 Å². The largest absolute Gasteiger partial charge is 0.493 e. The molecule has 0 aliphatic heterocycles. The van der Waals surface area contributed by atoms with Gasteiger partial charge in [-0.2, -0.15) is 0 Å². The molecule has 0 aromatic heterocycles. The molecule has 0 amide bonds.